The summed E-state index contributed by atoms with van der Waals surface area (Å²) in [6.07, 6.45) is 1.66. The van der Waals surface area contributed by atoms with Crippen molar-refractivity contribution < 1.29 is 9.13 Å². The Bertz CT molecular complexity index is 1300. The number of aromatic nitrogens is 3. The van der Waals surface area contributed by atoms with Gasteiger partial charge in [0.05, 0.1) is 29.8 Å². The van der Waals surface area contributed by atoms with Gasteiger partial charge in [-0.25, -0.2) is 19.0 Å². The molecule has 2 aromatic carbocycles. The van der Waals surface area contributed by atoms with Gasteiger partial charge in [-0.2, -0.15) is 0 Å². The summed E-state index contributed by atoms with van der Waals surface area (Å²) in [5.41, 5.74) is 3.48. The highest BCUT2D eigenvalue weighted by Gasteiger charge is 2.20. The molecule has 0 aliphatic rings. The van der Waals surface area contributed by atoms with Crippen LogP contribution in [0.1, 0.15) is 18.1 Å². The van der Waals surface area contributed by atoms with Crippen molar-refractivity contribution in [3.8, 4) is 22.7 Å². The molecule has 0 amide bonds. The lowest BCUT2D eigenvalue weighted by Crippen LogP contribution is -2.19. The van der Waals surface area contributed by atoms with Gasteiger partial charge in [-0.05, 0) is 74.0 Å². The first-order valence-corrected chi connectivity index (χ1v) is 9.70. The second-order valence-electron chi connectivity index (χ2n) is 7.05. The molecule has 4 aromatic rings. The largest absolute Gasteiger partial charge is 0.497 e. The molecule has 0 saturated heterocycles. The fourth-order valence-corrected chi connectivity index (χ4v) is 3.32. The molecular weight excluding hydrogens is 395 g/mol. The first kappa shape index (κ1) is 20.3. The van der Waals surface area contributed by atoms with Crippen LogP contribution < -0.4 is 10.3 Å². The SMILES string of the molecule is COc1ccc(-c2[nH]n(-c3ccc(F)cc3)c(=O)c2/C(C)=N/c2ncccc2C)cc1. The number of aromatic amines is 1. The lowest BCUT2D eigenvalue weighted by atomic mass is 10.0. The van der Waals surface area contributed by atoms with E-state index in [1.165, 1.54) is 16.8 Å². The quantitative estimate of drug-likeness (QED) is 0.474. The second-order valence-corrected chi connectivity index (χ2v) is 7.05. The molecular formula is C24H21FN4O2. The van der Waals surface area contributed by atoms with Gasteiger partial charge in [-0.1, -0.05) is 6.07 Å². The van der Waals surface area contributed by atoms with Crippen LogP contribution in [0.25, 0.3) is 16.9 Å². The van der Waals surface area contributed by atoms with Gasteiger partial charge >= 0.3 is 0 Å². The predicted molar refractivity (Wildman–Crippen MR) is 119 cm³/mol. The molecule has 0 aliphatic carbocycles. The van der Waals surface area contributed by atoms with Crippen LogP contribution in [0.5, 0.6) is 5.75 Å². The Kier molecular flexibility index (Phi) is 5.49. The molecule has 1 N–H and O–H groups in total. The molecule has 0 atom stereocenters. The van der Waals surface area contributed by atoms with Crippen LogP contribution in [0.3, 0.4) is 0 Å². The van der Waals surface area contributed by atoms with E-state index in [0.29, 0.717) is 34.2 Å². The highest BCUT2D eigenvalue weighted by atomic mass is 19.1. The van der Waals surface area contributed by atoms with Crippen LogP contribution in [0.4, 0.5) is 10.2 Å². The van der Waals surface area contributed by atoms with Crippen LogP contribution in [-0.2, 0) is 0 Å². The number of methoxy groups -OCH3 is 1. The summed E-state index contributed by atoms with van der Waals surface area (Å²) in [5.74, 6) is 0.886. The minimum absolute atomic E-state index is 0.285. The maximum Gasteiger partial charge on any atom is 0.280 e. The molecule has 2 heterocycles. The van der Waals surface area contributed by atoms with Gasteiger partial charge in [-0.3, -0.25) is 9.89 Å². The normalized spacial score (nSPS) is 11.5. The van der Waals surface area contributed by atoms with Crippen LogP contribution in [0, 0.1) is 12.7 Å². The van der Waals surface area contributed by atoms with E-state index < -0.39 is 0 Å². The van der Waals surface area contributed by atoms with Crippen molar-refractivity contribution in [3.05, 3.63) is 94.2 Å². The van der Waals surface area contributed by atoms with Gasteiger partial charge in [0, 0.05) is 11.8 Å². The average Bonchev–Trinajstić information content (AvgIpc) is 3.13. The number of pyridine rings is 1. The monoisotopic (exact) mass is 416 g/mol. The van der Waals surface area contributed by atoms with Crippen molar-refractivity contribution in [1.29, 1.82) is 0 Å². The maximum atomic E-state index is 13.4. The van der Waals surface area contributed by atoms with Crippen molar-refractivity contribution in [1.82, 2.24) is 14.8 Å². The molecule has 6 nitrogen and oxygen atoms in total. The summed E-state index contributed by atoms with van der Waals surface area (Å²) in [7, 11) is 1.60. The number of aliphatic imine (C=N–C) groups is 1. The number of aryl methyl sites for hydroxylation is 1. The Hall–Kier alpha value is -4.00. The minimum Gasteiger partial charge on any atom is -0.497 e. The number of ether oxygens (including phenoxy) is 1. The number of benzene rings is 2. The van der Waals surface area contributed by atoms with Crippen LogP contribution in [-0.4, -0.2) is 27.6 Å². The van der Waals surface area contributed by atoms with E-state index in [-0.39, 0.29) is 11.4 Å². The summed E-state index contributed by atoms with van der Waals surface area (Å²) in [6.45, 7) is 3.69. The molecule has 31 heavy (non-hydrogen) atoms. The average molecular weight is 416 g/mol. The maximum absolute atomic E-state index is 13.4. The Morgan fingerprint density at radius 2 is 1.81 bits per heavy atom. The van der Waals surface area contributed by atoms with Crippen molar-refractivity contribution >= 4 is 11.5 Å². The summed E-state index contributed by atoms with van der Waals surface area (Å²) < 4.78 is 20.0. The zero-order chi connectivity index (χ0) is 22.0. The predicted octanol–water partition coefficient (Wildman–Crippen LogP) is 4.82. The zero-order valence-corrected chi connectivity index (χ0v) is 17.4. The number of H-pyrrole nitrogens is 1. The molecule has 0 aliphatic heterocycles. The van der Waals surface area contributed by atoms with Gasteiger partial charge in [0.2, 0.25) is 0 Å². The van der Waals surface area contributed by atoms with Gasteiger partial charge in [-0.15, -0.1) is 0 Å². The number of hydrogen-bond acceptors (Lipinski definition) is 4. The topological polar surface area (TPSA) is 72.3 Å². The number of nitrogens with one attached hydrogen (secondary N) is 1. The summed E-state index contributed by atoms with van der Waals surface area (Å²) in [4.78, 5) is 22.3. The summed E-state index contributed by atoms with van der Waals surface area (Å²) in [5, 5.41) is 3.16. The third-order valence-electron chi connectivity index (χ3n) is 4.97. The second kappa shape index (κ2) is 8.39. The van der Waals surface area contributed by atoms with E-state index in [1.807, 2.05) is 43.3 Å². The standard InChI is InChI=1S/C24H21FN4O2/c1-15-5-4-14-26-23(15)27-16(2)21-22(17-6-12-20(31-3)13-7-17)28-29(24(21)30)19-10-8-18(25)9-11-19/h4-14,28H,1-3H3/b27-16+. The Labute approximate surface area is 178 Å². The lowest BCUT2D eigenvalue weighted by Gasteiger charge is -2.05. The molecule has 0 saturated carbocycles. The minimum atomic E-state index is -0.373. The van der Waals surface area contributed by atoms with E-state index in [0.717, 1.165) is 11.1 Å². The molecule has 0 spiro atoms. The fraction of sp³-hybridized carbons (Fsp3) is 0.125. The zero-order valence-electron chi connectivity index (χ0n) is 17.4. The first-order chi connectivity index (χ1) is 15.0. The summed E-state index contributed by atoms with van der Waals surface area (Å²) >= 11 is 0. The van der Waals surface area contributed by atoms with E-state index in [2.05, 4.69) is 15.1 Å². The van der Waals surface area contributed by atoms with E-state index in [1.54, 1.807) is 32.4 Å². The van der Waals surface area contributed by atoms with Gasteiger partial charge in [0.1, 0.15) is 11.6 Å². The number of halogens is 1. The molecule has 0 radical (unpaired) electrons. The van der Waals surface area contributed by atoms with Gasteiger partial charge in [0.25, 0.3) is 5.56 Å². The molecule has 0 unspecified atom stereocenters. The van der Waals surface area contributed by atoms with E-state index >= 15 is 0 Å². The highest BCUT2D eigenvalue weighted by molar-refractivity contribution is 6.04. The lowest BCUT2D eigenvalue weighted by molar-refractivity contribution is 0.415. The van der Waals surface area contributed by atoms with Crippen LogP contribution >= 0.6 is 0 Å². The Balaban J connectivity index is 1.92. The molecule has 2 aromatic heterocycles. The number of hydrogen-bond donors (Lipinski definition) is 1. The molecule has 156 valence electrons. The third kappa shape index (κ3) is 4.02. The smallest absolute Gasteiger partial charge is 0.280 e. The number of nitrogens with zero attached hydrogens (tertiary/aromatic N) is 3. The van der Waals surface area contributed by atoms with Gasteiger partial charge in [0.15, 0.2) is 5.82 Å². The molecule has 0 bridgehead atoms. The molecule has 0 fully saturated rings. The summed E-state index contributed by atoms with van der Waals surface area (Å²) in [6, 6.07) is 16.8. The highest BCUT2D eigenvalue weighted by Crippen LogP contribution is 2.25. The molecule has 4 rings (SSSR count). The van der Waals surface area contributed by atoms with E-state index in [4.69, 9.17) is 4.74 Å². The fourth-order valence-electron chi connectivity index (χ4n) is 3.32. The van der Waals surface area contributed by atoms with Gasteiger partial charge < -0.3 is 4.74 Å². The van der Waals surface area contributed by atoms with Crippen molar-refractivity contribution in [2.24, 2.45) is 4.99 Å². The van der Waals surface area contributed by atoms with Crippen molar-refractivity contribution in [3.63, 3.8) is 0 Å². The first-order valence-electron chi connectivity index (χ1n) is 9.70. The molecule has 7 heteroatoms. The Morgan fingerprint density at radius 3 is 2.45 bits per heavy atom. The van der Waals surface area contributed by atoms with Crippen LogP contribution in [0.15, 0.2) is 76.6 Å². The van der Waals surface area contributed by atoms with Crippen molar-refractivity contribution in [2.45, 2.75) is 13.8 Å². The van der Waals surface area contributed by atoms with Crippen LogP contribution in [0.2, 0.25) is 0 Å². The number of rotatable bonds is 5. The Morgan fingerprint density at radius 1 is 1.10 bits per heavy atom. The van der Waals surface area contributed by atoms with E-state index in [9.17, 15) is 9.18 Å². The third-order valence-corrected chi connectivity index (χ3v) is 4.97. The van der Waals surface area contributed by atoms with Crippen molar-refractivity contribution in [2.75, 3.05) is 7.11 Å².